The van der Waals surface area contributed by atoms with Gasteiger partial charge in [0.2, 0.25) is 11.8 Å². The van der Waals surface area contributed by atoms with Gasteiger partial charge in [-0.2, -0.15) is 8.78 Å². The molecule has 0 spiro atoms. The molecule has 1 aliphatic heterocycles. The first-order chi connectivity index (χ1) is 5.73. The van der Waals surface area contributed by atoms with Crippen LogP contribution in [0.15, 0.2) is 0 Å². The molecule has 8 heteroatoms. The molecule has 0 radical (unpaired) electrons. The molecule has 0 aromatic carbocycles. The molecule has 1 saturated heterocycles. The molecule has 0 amide bonds. The fourth-order valence-electron chi connectivity index (χ4n) is 0.870. The van der Waals surface area contributed by atoms with Gasteiger partial charge in [0.25, 0.3) is 6.43 Å². The number of thioether (sulfide) groups is 1. The highest BCUT2D eigenvalue weighted by atomic mass is 32.2. The summed E-state index contributed by atoms with van der Waals surface area (Å²) in [7, 11) is 0. The molecule has 1 heterocycles. The third kappa shape index (κ3) is 1.38. The molecule has 0 nitrogen and oxygen atoms in total. The number of rotatable bonds is 1. The summed E-state index contributed by atoms with van der Waals surface area (Å²) in [5.41, 5.74) is -7.66. The molecule has 13 heavy (non-hydrogen) atoms. The van der Waals surface area contributed by atoms with Gasteiger partial charge in [-0.1, -0.05) is 0 Å². The van der Waals surface area contributed by atoms with E-state index in [1.165, 1.54) is 0 Å². The first-order valence-electron chi connectivity index (χ1n) is 3.03. The molecule has 0 aromatic rings. The van der Waals surface area contributed by atoms with Crippen LogP contribution in [0.1, 0.15) is 0 Å². The SMILES string of the molecule is FC(F)C1(F)C(F)SC(F)(F)C1F. The maximum atomic E-state index is 12.7. The Morgan fingerprint density at radius 2 is 1.54 bits per heavy atom. The molecule has 1 aliphatic rings. The van der Waals surface area contributed by atoms with Crippen molar-refractivity contribution in [2.24, 2.45) is 0 Å². The first kappa shape index (κ1) is 10.9. The molecule has 0 bridgehead atoms. The minimum absolute atomic E-state index is 1.06. The minimum atomic E-state index is -4.44. The van der Waals surface area contributed by atoms with Crippen molar-refractivity contribution in [1.29, 1.82) is 0 Å². The first-order valence-corrected chi connectivity index (χ1v) is 3.91. The van der Waals surface area contributed by atoms with E-state index in [2.05, 4.69) is 0 Å². The van der Waals surface area contributed by atoms with Gasteiger partial charge in [-0.25, -0.2) is 22.0 Å². The van der Waals surface area contributed by atoms with Gasteiger partial charge in [-0.3, -0.25) is 0 Å². The highest BCUT2D eigenvalue weighted by molar-refractivity contribution is 8.01. The Bertz CT molecular complexity index is 207. The largest absolute Gasteiger partial charge is 0.330 e. The van der Waals surface area contributed by atoms with Crippen LogP contribution in [0.4, 0.5) is 30.7 Å². The second-order valence-electron chi connectivity index (χ2n) is 2.49. The molecule has 0 aromatic heterocycles. The van der Waals surface area contributed by atoms with Gasteiger partial charge in [-0.05, 0) is 11.8 Å². The number of hydrogen-bond donors (Lipinski definition) is 0. The summed E-state index contributed by atoms with van der Waals surface area (Å²) in [4.78, 5) is 0. The Balaban J connectivity index is 3.00. The van der Waals surface area contributed by atoms with Crippen LogP contribution < -0.4 is 0 Å². The second kappa shape index (κ2) is 2.93. The Hall–Kier alpha value is -0.140. The van der Waals surface area contributed by atoms with Crippen LogP contribution in [0.5, 0.6) is 0 Å². The van der Waals surface area contributed by atoms with Crippen molar-refractivity contribution in [3.8, 4) is 0 Å². The smallest absolute Gasteiger partial charge is 0.236 e. The van der Waals surface area contributed by atoms with Crippen LogP contribution in [-0.2, 0) is 0 Å². The average Bonchev–Trinajstić information content (AvgIpc) is 2.12. The zero-order chi connectivity index (χ0) is 10.4. The summed E-state index contributed by atoms with van der Waals surface area (Å²) >= 11 is -1.06. The lowest BCUT2D eigenvalue weighted by molar-refractivity contribution is -0.136. The van der Waals surface area contributed by atoms with Crippen molar-refractivity contribution in [1.82, 2.24) is 0 Å². The quantitative estimate of drug-likeness (QED) is 0.622. The van der Waals surface area contributed by atoms with Gasteiger partial charge in [0.15, 0.2) is 5.50 Å². The summed E-state index contributed by atoms with van der Waals surface area (Å²) in [6.07, 6.45) is -7.93. The van der Waals surface area contributed by atoms with Gasteiger partial charge in [0.05, 0.1) is 0 Å². The highest BCUT2D eigenvalue weighted by Gasteiger charge is 2.72. The lowest BCUT2D eigenvalue weighted by Gasteiger charge is -2.22. The van der Waals surface area contributed by atoms with E-state index in [1.807, 2.05) is 0 Å². The molecule has 0 aliphatic carbocycles. The Morgan fingerprint density at radius 3 is 1.69 bits per heavy atom. The van der Waals surface area contributed by atoms with Gasteiger partial charge < -0.3 is 0 Å². The predicted octanol–water partition coefficient (Wildman–Crippen LogP) is 2.93. The maximum Gasteiger partial charge on any atom is 0.330 e. The monoisotopic (exact) mass is 228 g/mol. The minimum Gasteiger partial charge on any atom is -0.236 e. The van der Waals surface area contributed by atoms with Crippen LogP contribution in [0.25, 0.3) is 0 Å². The van der Waals surface area contributed by atoms with E-state index in [1.54, 1.807) is 0 Å². The van der Waals surface area contributed by atoms with E-state index in [9.17, 15) is 30.7 Å². The Kier molecular flexibility index (Phi) is 2.46. The van der Waals surface area contributed by atoms with E-state index in [-0.39, 0.29) is 0 Å². The number of hydrogen-bond acceptors (Lipinski definition) is 1. The molecular weight excluding hydrogens is 225 g/mol. The van der Waals surface area contributed by atoms with Crippen molar-refractivity contribution in [2.75, 3.05) is 0 Å². The molecular formula is C5H3F7S. The number of halogens is 7. The zero-order valence-corrected chi connectivity index (χ0v) is 6.60. The Labute approximate surface area is 72.5 Å². The van der Waals surface area contributed by atoms with E-state index < -0.39 is 40.8 Å². The van der Waals surface area contributed by atoms with Crippen molar-refractivity contribution in [2.45, 2.75) is 29.0 Å². The fourth-order valence-corrected chi connectivity index (χ4v) is 1.85. The Morgan fingerprint density at radius 1 is 1.08 bits per heavy atom. The van der Waals surface area contributed by atoms with E-state index in [0.717, 1.165) is 0 Å². The molecule has 0 saturated carbocycles. The van der Waals surface area contributed by atoms with Crippen molar-refractivity contribution < 1.29 is 30.7 Å². The van der Waals surface area contributed by atoms with Crippen LogP contribution in [0, 0.1) is 0 Å². The van der Waals surface area contributed by atoms with Crippen LogP contribution >= 0.6 is 11.8 Å². The fraction of sp³-hybridized carbons (Fsp3) is 1.00. The predicted molar refractivity (Wildman–Crippen MR) is 32.2 cm³/mol. The van der Waals surface area contributed by atoms with Gasteiger partial charge in [-0.15, -0.1) is 0 Å². The van der Waals surface area contributed by atoms with Crippen molar-refractivity contribution >= 4 is 11.8 Å². The van der Waals surface area contributed by atoms with Crippen LogP contribution in [0.3, 0.4) is 0 Å². The van der Waals surface area contributed by atoms with E-state index >= 15 is 0 Å². The lowest BCUT2D eigenvalue weighted by Crippen LogP contribution is -2.47. The topological polar surface area (TPSA) is 0 Å². The normalized spacial score (nSPS) is 44.3. The summed E-state index contributed by atoms with van der Waals surface area (Å²) in [6, 6.07) is 0. The van der Waals surface area contributed by atoms with Crippen LogP contribution in [0.2, 0.25) is 0 Å². The summed E-state index contributed by atoms with van der Waals surface area (Å²) in [6.45, 7) is 0. The van der Waals surface area contributed by atoms with E-state index in [0.29, 0.717) is 0 Å². The maximum absolute atomic E-state index is 12.7. The molecule has 0 N–H and O–H groups in total. The summed E-state index contributed by atoms with van der Waals surface area (Å²) in [5, 5.41) is -4.44. The van der Waals surface area contributed by atoms with Gasteiger partial charge in [0, 0.05) is 0 Å². The van der Waals surface area contributed by atoms with Crippen molar-refractivity contribution in [3.05, 3.63) is 0 Å². The average molecular weight is 228 g/mol. The molecule has 1 rings (SSSR count). The summed E-state index contributed by atoms with van der Waals surface area (Å²) < 4.78 is 85.4. The van der Waals surface area contributed by atoms with E-state index in [4.69, 9.17) is 0 Å². The van der Waals surface area contributed by atoms with Crippen LogP contribution in [-0.4, -0.2) is 29.0 Å². The second-order valence-corrected chi connectivity index (χ2v) is 3.68. The molecule has 1 fully saturated rings. The standard InChI is InChI=1S/C5H3F7S/c6-1-4(10,2(7)8)3(9)13-5(1,11)12/h1-3H. The van der Waals surface area contributed by atoms with Gasteiger partial charge in [0.1, 0.15) is 0 Å². The zero-order valence-electron chi connectivity index (χ0n) is 5.79. The third-order valence-corrected chi connectivity index (χ3v) is 2.72. The highest BCUT2D eigenvalue weighted by Crippen LogP contribution is 2.57. The molecule has 78 valence electrons. The summed E-state index contributed by atoms with van der Waals surface area (Å²) in [5.74, 6) is 0. The van der Waals surface area contributed by atoms with Gasteiger partial charge >= 0.3 is 5.25 Å². The van der Waals surface area contributed by atoms with Crippen molar-refractivity contribution in [3.63, 3.8) is 0 Å². The lowest BCUT2D eigenvalue weighted by atomic mass is 10.0. The third-order valence-electron chi connectivity index (χ3n) is 1.63. The molecule has 3 atom stereocenters. The molecule has 3 unspecified atom stereocenters. The number of alkyl halides is 7.